The zero-order valence-electron chi connectivity index (χ0n) is 16.3. The highest BCUT2D eigenvalue weighted by molar-refractivity contribution is 6.30. The molecular weight excluding hydrogens is 406 g/mol. The van der Waals surface area contributed by atoms with Gasteiger partial charge in [0.1, 0.15) is 0 Å². The molecule has 0 saturated carbocycles. The normalized spacial score (nSPS) is 11.1. The Morgan fingerprint density at radius 3 is 2.67 bits per heavy atom. The standard InChI is InChI=1S/C21H18ClN5O3/c1-12(2)18-25-21(30-26-18)16-9-4-3-8-15(16)20(28)23-11-17-24-19(27-29-17)13-6-5-7-14(22)10-13/h3-10,12H,11H2,1-2H3,(H,23,28). The summed E-state index contributed by atoms with van der Waals surface area (Å²) in [5.41, 5.74) is 1.69. The van der Waals surface area contributed by atoms with E-state index in [1.165, 1.54) is 0 Å². The van der Waals surface area contributed by atoms with E-state index >= 15 is 0 Å². The van der Waals surface area contributed by atoms with Gasteiger partial charge in [0.15, 0.2) is 5.82 Å². The van der Waals surface area contributed by atoms with Crippen molar-refractivity contribution < 1.29 is 13.8 Å². The van der Waals surface area contributed by atoms with Crippen LogP contribution in [0.25, 0.3) is 22.8 Å². The average molecular weight is 424 g/mol. The number of nitrogens with zero attached hydrogens (tertiary/aromatic N) is 4. The minimum absolute atomic E-state index is 0.0712. The maximum absolute atomic E-state index is 12.8. The highest BCUT2D eigenvalue weighted by atomic mass is 35.5. The number of halogens is 1. The van der Waals surface area contributed by atoms with Gasteiger partial charge < -0.3 is 14.4 Å². The number of benzene rings is 2. The number of amides is 1. The van der Waals surface area contributed by atoms with Crippen LogP contribution in [-0.2, 0) is 6.54 Å². The Labute approximate surface area is 177 Å². The summed E-state index contributed by atoms with van der Waals surface area (Å²) < 4.78 is 10.6. The second-order valence-corrected chi connectivity index (χ2v) is 7.30. The Bertz CT molecular complexity index is 1180. The van der Waals surface area contributed by atoms with Crippen LogP contribution in [-0.4, -0.2) is 26.2 Å². The van der Waals surface area contributed by atoms with Crippen LogP contribution in [0.15, 0.2) is 57.6 Å². The molecule has 0 saturated heterocycles. The van der Waals surface area contributed by atoms with E-state index in [4.69, 9.17) is 20.6 Å². The number of nitrogens with one attached hydrogen (secondary N) is 1. The van der Waals surface area contributed by atoms with E-state index in [0.29, 0.717) is 33.7 Å². The fraction of sp³-hybridized carbons (Fsp3) is 0.190. The lowest BCUT2D eigenvalue weighted by Gasteiger charge is -2.06. The van der Waals surface area contributed by atoms with Crippen molar-refractivity contribution in [2.75, 3.05) is 0 Å². The smallest absolute Gasteiger partial charge is 0.258 e. The molecule has 0 bridgehead atoms. The molecular formula is C21H18ClN5O3. The molecule has 0 spiro atoms. The van der Waals surface area contributed by atoms with Crippen LogP contribution in [0.5, 0.6) is 0 Å². The molecule has 4 rings (SSSR count). The number of hydrogen-bond donors (Lipinski definition) is 1. The van der Waals surface area contributed by atoms with Crippen molar-refractivity contribution >= 4 is 17.5 Å². The van der Waals surface area contributed by atoms with Crippen LogP contribution in [0.3, 0.4) is 0 Å². The van der Waals surface area contributed by atoms with Crippen LogP contribution < -0.4 is 5.32 Å². The maximum atomic E-state index is 12.8. The number of rotatable bonds is 6. The summed E-state index contributed by atoms with van der Waals surface area (Å²) in [7, 11) is 0. The number of carbonyl (C=O) groups excluding carboxylic acids is 1. The lowest BCUT2D eigenvalue weighted by Crippen LogP contribution is -2.23. The molecule has 0 unspecified atom stereocenters. The third-order valence-electron chi connectivity index (χ3n) is 4.31. The van der Waals surface area contributed by atoms with Crippen LogP contribution in [0.4, 0.5) is 0 Å². The summed E-state index contributed by atoms with van der Waals surface area (Å²) in [5.74, 6) is 1.35. The van der Waals surface area contributed by atoms with Crippen molar-refractivity contribution in [1.29, 1.82) is 0 Å². The number of aromatic nitrogens is 4. The molecule has 152 valence electrons. The van der Waals surface area contributed by atoms with Crippen LogP contribution in [0, 0.1) is 0 Å². The van der Waals surface area contributed by atoms with Gasteiger partial charge in [0.05, 0.1) is 17.7 Å². The highest BCUT2D eigenvalue weighted by Crippen LogP contribution is 2.24. The Hall–Kier alpha value is -3.52. The van der Waals surface area contributed by atoms with E-state index in [1.807, 2.05) is 19.9 Å². The fourth-order valence-electron chi connectivity index (χ4n) is 2.77. The minimum Gasteiger partial charge on any atom is -0.343 e. The molecule has 2 heterocycles. The van der Waals surface area contributed by atoms with Crippen molar-refractivity contribution in [3.63, 3.8) is 0 Å². The summed E-state index contributed by atoms with van der Waals surface area (Å²) >= 11 is 6.00. The predicted octanol–water partition coefficient (Wildman–Crippen LogP) is 4.49. The summed E-state index contributed by atoms with van der Waals surface area (Å²) in [6, 6.07) is 14.1. The van der Waals surface area contributed by atoms with E-state index in [1.54, 1.807) is 42.5 Å². The largest absolute Gasteiger partial charge is 0.343 e. The van der Waals surface area contributed by atoms with Crippen molar-refractivity contribution in [1.82, 2.24) is 25.6 Å². The molecule has 2 aromatic heterocycles. The van der Waals surface area contributed by atoms with Gasteiger partial charge in [-0.3, -0.25) is 4.79 Å². The molecule has 8 nitrogen and oxygen atoms in total. The quantitative estimate of drug-likeness (QED) is 0.486. The van der Waals surface area contributed by atoms with Gasteiger partial charge in [0.2, 0.25) is 11.7 Å². The van der Waals surface area contributed by atoms with Crippen molar-refractivity contribution in [2.45, 2.75) is 26.3 Å². The zero-order valence-corrected chi connectivity index (χ0v) is 17.1. The zero-order chi connectivity index (χ0) is 21.1. The number of hydrogen-bond acceptors (Lipinski definition) is 7. The molecule has 2 aromatic carbocycles. The first-order chi connectivity index (χ1) is 14.5. The first-order valence-corrected chi connectivity index (χ1v) is 9.69. The second-order valence-electron chi connectivity index (χ2n) is 6.86. The van der Waals surface area contributed by atoms with E-state index in [-0.39, 0.29) is 24.3 Å². The lowest BCUT2D eigenvalue weighted by molar-refractivity contribution is 0.0946. The van der Waals surface area contributed by atoms with Crippen LogP contribution in [0.2, 0.25) is 5.02 Å². The molecule has 9 heteroatoms. The Balaban J connectivity index is 1.49. The Kier molecular flexibility index (Phi) is 5.58. The Morgan fingerprint density at radius 2 is 1.90 bits per heavy atom. The van der Waals surface area contributed by atoms with E-state index < -0.39 is 0 Å². The molecule has 0 aliphatic rings. The topological polar surface area (TPSA) is 107 Å². The molecule has 0 radical (unpaired) electrons. The molecule has 0 aliphatic heterocycles. The van der Waals surface area contributed by atoms with Gasteiger partial charge in [-0.05, 0) is 24.3 Å². The second kappa shape index (κ2) is 8.46. The van der Waals surface area contributed by atoms with Gasteiger partial charge in [0, 0.05) is 16.5 Å². The van der Waals surface area contributed by atoms with Gasteiger partial charge in [0.25, 0.3) is 11.8 Å². The monoisotopic (exact) mass is 423 g/mol. The molecule has 1 N–H and O–H groups in total. The lowest BCUT2D eigenvalue weighted by atomic mass is 10.1. The average Bonchev–Trinajstić information content (AvgIpc) is 3.42. The first-order valence-electron chi connectivity index (χ1n) is 9.31. The van der Waals surface area contributed by atoms with E-state index in [2.05, 4.69) is 25.6 Å². The van der Waals surface area contributed by atoms with Gasteiger partial charge in [-0.1, -0.05) is 60.0 Å². The summed E-state index contributed by atoms with van der Waals surface area (Å²) in [5, 5.41) is 11.3. The maximum Gasteiger partial charge on any atom is 0.258 e. The third kappa shape index (κ3) is 4.23. The fourth-order valence-corrected chi connectivity index (χ4v) is 2.96. The van der Waals surface area contributed by atoms with Gasteiger partial charge in [-0.2, -0.15) is 9.97 Å². The van der Waals surface area contributed by atoms with Crippen molar-refractivity contribution in [3.05, 3.63) is 70.8 Å². The van der Waals surface area contributed by atoms with E-state index in [9.17, 15) is 4.79 Å². The minimum atomic E-state index is -0.322. The summed E-state index contributed by atoms with van der Waals surface area (Å²) in [4.78, 5) is 21.4. The summed E-state index contributed by atoms with van der Waals surface area (Å²) in [6.07, 6.45) is 0. The van der Waals surface area contributed by atoms with Crippen LogP contribution >= 0.6 is 11.6 Å². The predicted molar refractivity (Wildman–Crippen MR) is 110 cm³/mol. The SMILES string of the molecule is CC(C)c1noc(-c2ccccc2C(=O)NCc2nc(-c3cccc(Cl)c3)no2)n1. The third-order valence-corrected chi connectivity index (χ3v) is 4.55. The number of carbonyl (C=O) groups is 1. The molecule has 0 fully saturated rings. The van der Waals surface area contributed by atoms with Gasteiger partial charge >= 0.3 is 0 Å². The Morgan fingerprint density at radius 1 is 1.07 bits per heavy atom. The summed E-state index contributed by atoms with van der Waals surface area (Å²) in [6.45, 7) is 4.01. The molecule has 30 heavy (non-hydrogen) atoms. The molecule has 4 aromatic rings. The van der Waals surface area contributed by atoms with Gasteiger partial charge in [-0.25, -0.2) is 0 Å². The van der Waals surface area contributed by atoms with Crippen molar-refractivity contribution in [3.8, 4) is 22.8 Å². The molecule has 0 atom stereocenters. The molecule has 0 aliphatic carbocycles. The highest BCUT2D eigenvalue weighted by Gasteiger charge is 2.19. The van der Waals surface area contributed by atoms with Crippen molar-refractivity contribution in [2.24, 2.45) is 0 Å². The van der Waals surface area contributed by atoms with Gasteiger partial charge in [-0.15, -0.1) is 0 Å². The molecule has 1 amide bonds. The van der Waals surface area contributed by atoms with Crippen LogP contribution in [0.1, 0.15) is 41.8 Å². The van der Waals surface area contributed by atoms with E-state index in [0.717, 1.165) is 5.56 Å². The first kappa shape index (κ1) is 19.8.